The highest BCUT2D eigenvalue weighted by molar-refractivity contribution is 5.94. The first-order valence-corrected chi connectivity index (χ1v) is 12.9. The Balaban J connectivity index is 1.67. The highest BCUT2D eigenvalue weighted by atomic mass is 19.4. The second-order valence-corrected chi connectivity index (χ2v) is 9.18. The monoisotopic (exact) mass is 577 g/mol. The fourth-order valence-electron chi connectivity index (χ4n) is 3.95. The third-order valence-electron chi connectivity index (χ3n) is 6.12. The Bertz CT molecular complexity index is 1330. The molecule has 0 aliphatic carbocycles. The smallest absolute Gasteiger partial charge is 0.416 e. The highest BCUT2D eigenvalue weighted by Crippen LogP contribution is 2.37. The zero-order valence-electron chi connectivity index (χ0n) is 22.6. The number of methoxy groups -OCH3 is 1. The molecule has 0 spiro atoms. The molecule has 1 atom stereocenters. The molecule has 1 amide bonds. The first-order valence-electron chi connectivity index (χ1n) is 12.9. The molecule has 220 valence electrons. The van der Waals surface area contributed by atoms with E-state index in [1.807, 2.05) is 0 Å². The molecule has 0 bridgehead atoms. The van der Waals surface area contributed by atoms with Crippen LogP contribution in [0.15, 0.2) is 54.7 Å². The van der Waals surface area contributed by atoms with Gasteiger partial charge in [-0.05, 0) is 42.8 Å². The number of carboxylic acids is 1. The number of anilines is 1. The van der Waals surface area contributed by atoms with Crippen LogP contribution in [-0.2, 0) is 11.0 Å². The number of benzene rings is 2. The third kappa shape index (κ3) is 9.09. The minimum atomic E-state index is -4.65. The van der Waals surface area contributed by atoms with Gasteiger partial charge in [-0.15, -0.1) is 0 Å². The fourth-order valence-corrected chi connectivity index (χ4v) is 3.95. The van der Waals surface area contributed by atoms with E-state index in [0.717, 1.165) is 31.4 Å². The Hall–Kier alpha value is -4.35. The number of carboxylic acid groups (broad SMARTS) is 1. The summed E-state index contributed by atoms with van der Waals surface area (Å²) in [5.74, 6) is -1.29. The maximum absolute atomic E-state index is 14.6. The SMILES string of the molecule is CCCC[C@@H](COc1ccc(-c2ccc(C(F)(F)F)cc2F)c(OC)c1)Nc1ccc(C(=O)NCCC(=O)O)cn1. The lowest BCUT2D eigenvalue weighted by molar-refractivity contribution is -0.138. The van der Waals surface area contributed by atoms with Crippen LogP contribution in [0, 0.1) is 5.82 Å². The third-order valence-corrected chi connectivity index (χ3v) is 6.12. The lowest BCUT2D eigenvalue weighted by Gasteiger charge is -2.20. The minimum absolute atomic E-state index is 0.00957. The topological polar surface area (TPSA) is 110 Å². The zero-order chi connectivity index (χ0) is 30.0. The maximum atomic E-state index is 14.6. The number of pyridine rings is 1. The summed E-state index contributed by atoms with van der Waals surface area (Å²) in [5, 5.41) is 14.5. The maximum Gasteiger partial charge on any atom is 0.416 e. The second kappa shape index (κ2) is 14.3. The van der Waals surface area contributed by atoms with Gasteiger partial charge in [0.25, 0.3) is 5.91 Å². The molecule has 3 aromatic rings. The summed E-state index contributed by atoms with van der Waals surface area (Å²) in [7, 11) is 1.37. The fraction of sp³-hybridized carbons (Fsp3) is 0.345. The van der Waals surface area contributed by atoms with E-state index in [4.69, 9.17) is 14.6 Å². The highest BCUT2D eigenvalue weighted by Gasteiger charge is 2.31. The molecular formula is C29H31F4N3O5. The molecule has 3 N–H and O–H groups in total. The Morgan fingerprint density at radius 1 is 1.07 bits per heavy atom. The summed E-state index contributed by atoms with van der Waals surface area (Å²) in [6, 6.07) is 10.1. The van der Waals surface area contributed by atoms with Crippen molar-refractivity contribution in [2.75, 3.05) is 25.6 Å². The second-order valence-electron chi connectivity index (χ2n) is 9.18. The van der Waals surface area contributed by atoms with Crippen molar-refractivity contribution in [3.63, 3.8) is 0 Å². The number of nitrogens with zero attached hydrogens (tertiary/aromatic N) is 1. The van der Waals surface area contributed by atoms with E-state index in [0.29, 0.717) is 23.2 Å². The molecule has 8 nitrogen and oxygen atoms in total. The molecule has 1 heterocycles. The molecule has 0 fully saturated rings. The molecule has 0 saturated carbocycles. The number of hydrogen-bond acceptors (Lipinski definition) is 6. The van der Waals surface area contributed by atoms with Crippen LogP contribution in [0.5, 0.6) is 11.5 Å². The van der Waals surface area contributed by atoms with E-state index in [1.54, 1.807) is 24.3 Å². The van der Waals surface area contributed by atoms with Crippen molar-refractivity contribution in [2.24, 2.45) is 0 Å². The van der Waals surface area contributed by atoms with Crippen LogP contribution < -0.4 is 20.1 Å². The molecule has 0 aliphatic rings. The van der Waals surface area contributed by atoms with E-state index >= 15 is 0 Å². The van der Waals surface area contributed by atoms with Crippen molar-refractivity contribution in [1.82, 2.24) is 10.3 Å². The zero-order valence-corrected chi connectivity index (χ0v) is 22.6. The normalized spacial score (nSPS) is 12.0. The van der Waals surface area contributed by atoms with Gasteiger partial charge in [0.05, 0.1) is 30.7 Å². The van der Waals surface area contributed by atoms with Crippen molar-refractivity contribution in [3.8, 4) is 22.6 Å². The molecule has 12 heteroatoms. The van der Waals surface area contributed by atoms with Gasteiger partial charge < -0.3 is 25.2 Å². The Morgan fingerprint density at radius 3 is 2.44 bits per heavy atom. The van der Waals surface area contributed by atoms with Crippen LogP contribution in [0.25, 0.3) is 11.1 Å². The molecule has 1 aromatic heterocycles. The van der Waals surface area contributed by atoms with Crippen molar-refractivity contribution in [1.29, 1.82) is 0 Å². The number of ether oxygens (including phenoxy) is 2. The van der Waals surface area contributed by atoms with E-state index in [-0.39, 0.29) is 42.5 Å². The number of halogens is 4. The van der Waals surface area contributed by atoms with Gasteiger partial charge in [-0.3, -0.25) is 9.59 Å². The molecule has 0 saturated heterocycles. The van der Waals surface area contributed by atoms with Gasteiger partial charge in [0.1, 0.15) is 29.7 Å². The largest absolute Gasteiger partial charge is 0.496 e. The molecule has 2 aromatic carbocycles. The van der Waals surface area contributed by atoms with Crippen molar-refractivity contribution >= 4 is 17.7 Å². The summed E-state index contributed by atoms with van der Waals surface area (Å²) < 4.78 is 64.7. The van der Waals surface area contributed by atoms with Crippen LogP contribution in [0.3, 0.4) is 0 Å². The van der Waals surface area contributed by atoms with Crippen molar-refractivity contribution in [2.45, 2.75) is 44.8 Å². The van der Waals surface area contributed by atoms with E-state index < -0.39 is 29.4 Å². The number of carbonyl (C=O) groups is 2. The number of rotatable bonds is 14. The van der Waals surface area contributed by atoms with E-state index in [9.17, 15) is 27.2 Å². The number of carbonyl (C=O) groups excluding carboxylic acids is 1. The van der Waals surface area contributed by atoms with Crippen LogP contribution in [0.4, 0.5) is 23.4 Å². The minimum Gasteiger partial charge on any atom is -0.496 e. The summed E-state index contributed by atoms with van der Waals surface area (Å²) >= 11 is 0. The van der Waals surface area contributed by atoms with Crippen LogP contribution in [0.2, 0.25) is 0 Å². The van der Waals surface area contributed by atoms with Gasteiger partial charge in [-0.25, -0.2) is 9.37 Å². The van der Waals surface area contributed by atoms with Crippen LogP contribution >= 0.6 is 0 Å². The van der Waals surface area contributed by atoms with Gasteiger partial charge in [0.2, 0.25) is 0 Å². The standard InChI is InChI=1S/C29H31F4N3O5/c1-3-4-5-20(36-26-11-6-18(16-35-26)28(39)34-13-12-27(37)38)17-41-21-8-10-23(25(15-21)40-2)22-9-7-19(14-24(22)30)29(31,32)33/h6-11,14-16,20H,3-5,12-13,17H2,1-2H3,(H,34,39)(H,35,36)(H,37,38)/t20-/m0/s1. The van der Waals surface area contributed by atoms with Gasteiger partial charge in [0, 0.05) is 29.9 Å². The number of aliphatic carboxylic acids is 1. The number of alkyl halides is 3. The van der Waals surface area contributed by atoms with Gasteiger partial charge in [0.15, 0.2) is 0 Å². The molecular weight excluding hydrogens is 546 g/mol. The summed E-state index contributed by atoms with van der Waals surface area (Å²) in [6.45, 7) is 2.30. The van der Waals surface area contributed by atoms with Gasteiger partial charge in [-0.1, -0.05) is 25.8 Å². The Morgan fingerprint density at radius 2 is 1.83 bits per heavy atom. The van der Waals surface area contributed by atoms with Crippen LogP contribution in [0.1, 0.15) is 48.5 Å². The first-order chi connectivity index (χ1) is 19.5. The molecule has 0 radical (unpaired) electrons. The molecule has 41 heavy (non-hydrogen) atoms. The lowest BCUT2D eigenvalue weighted by atomic mass is 10.0. The molecule has 3 rings (SSSR count). The molecule has 0 aliphatic heterocycles. The summed E-state index contributed by atoms with van der Waals surface area (Å²) in [6.07, 6.45) is -0.845. The van der Waals surface area contributed by atoms with Crippen molar-refractivity contribution in [3.05, 3.63) is 71.7 Å². The lowest BCUT2D eigenvalue weighted by Crippen LogP contribution is -2.28. The quantitative estimate of drug-likeness (QED) is 0.197. The molecule has 0 unspecified atom stereocenters. The van der Waals surface area contributed by atoms with Crippen LogP contribution in [-0.4, -0.2) is 48.3 Å². The first kappa shape index (κ1) is 31.2. The van der Waals surface area contributed by atoms with Gasteiger partial charge in [-0.2, -0.15) is 13.2 Å². The Kier molecular flexibility index (Phi) is 10.9. The number of nitrogens with one attached hydrogen (secondary N) is 2. The van der Waals surface area contributed by atoms with Crippen molar-refractivity contribution < 1.29 is 41.7 Å². The van der Waals surface area contributed by atoms with E-state index in [1.165, 1.54) is 19.4 Å². The predicted octanol–water partition coefficient (Wildman–Crippen LogP) is 6.17. The predicted molar refractivity (Wildman–Crippen MR) is 145 cm³/mol. The van der Waals surface area contributed by atoms with Gasteiger partial charge >= 0.3 is 12.1 Å². The average molecular weight is 578 g/mol. The summed E-state index contributed by atoms with van der Waals surface area (Å²) in [4.78, 5) is 27.0. The number of amides is 1. The number of hydrogen-bond donors (Lipinski definition) is 3. The number of unbranched alkanes of at least 4 members (excludes halogenated alkanes) is 1. The summed E-state index contributed by atoms with van der Waals surface area (Å²) in [5.41, 5.74) is -0.539. The average Bonchev–Trinajstić information content (AvgIpc) is 2.94. The Labute approximate surface area is 234 Å². The number of aromatic nitrogens is 1. The van der Waals surface area contributed by atoms with E-state index in [2.05, 4.69) is 22.5 Å².